The molecule has 8 amide bonds. The predicted octanol–water partition coefficient (Wildman–Crippen LogP) is 0.807. The van der Waals surface area contributed by atoms with Crippen LogP contribution in [0.15, 0.2) is 60.7 Å². The Kier molecular flexibility index (Phi) is 21.2. The van der Waals surface area contributed by atoms with Crippen LogP contribution in [0.3, 0.4) is 0 Å². The first-order valence-corrected chi connectivity index (χ1v) is 22.9. The Hall–Kier alpha value is -5.98. The number of hydrogen-bond acceptors (Lipinski definition) is 10. The van der Waals surface area contributed by atoms with Gasteiger partial charge >= 0.3 is 5.97 Å². The van der Waals surface area contributed by atoms with Crippen molar-refractivity contribution in [2.45, 2.75) is 122 Å². The summed E-state index contributed by atoms with van der Waals surface area (Å²) >= 11 is 1.43. The molecule has 350 valence electrons. The largest absolute Gasteiger partial charge is 0.480 e. The second-order valence-corrected chi connectivity index (χ2v) is 17.7. The lowest BCUT2D eigenvalue weighted by molar-refractivity contribution is -0.143. The van der Waals surface area contributed by atoms with Crippen molar-refractivity contribution in [2.75, 3.05) is 18.6 Å². The number of nitrogens with zero attached hydrogens (tertiary/aromatic N) is 1. The highest BCUT2D eigenvalue weighted by Crippen LogP contribution is 2.20. The number of benzene rings is 2. The SMILES string of the molecule is CSCC[C@H](NC(=O)[C@H](CC(C)C)NC(=O)[C@H](Cc1ccccc1)NC(=O)[C@@H](NC(=O)[C@H](Cc1ccccc1)NC(=O)[C@@H]1CCCN1C(=O)[C@H](CC(N)=O)NC(C)=O)C(C)C)C(=O)O. The number of thioether (sulfide) groups is 1. The van der Waals surface area contributed by atoms with Gasteiger partial charge in [0.25, 0.3) is 0 Å². The van der Waals surface area contributed by atoms with Gasteiger partial charge in [0, 0.05) is 26.3 Å². The van der Waals surface area contributed by atoms with E-state index in [-0.39, 0.29) is 44.6 Å². The van der Waals surface area contributed by atoms with E-state index in [9.17, 15) is 48.3 Å². The number of hydrogen-bond donors (Lipinski definition) is 8. The van der Waals surface area contributed by atoms with Crippen LogP contribution in [0.4, 0.5) is 0 Å². The van der Waals surface area contributed by atoms with E-state index in [1.165, 1.54) is 23.6 Å². The Labute approximate surface area is 378 Å². The number of aliphatic carboxylic acids is 1. The van der Waals surface area contributed by atoms with Gasteiger partial charge < -0.3 is 47.6 Å². The summed E-state index contributed by atoms with van der Waals surface area (Å²) in [6, 6.07) is 9.33. The standard InChI is InChI=1S/C45H64N8O10S/c1-26(2)22-32(39(56)48-31(45(62)63)19-21-64-6)49-40(57)33(23-29-14-9-7-10-15-29)51-43(60)38(27(3)4)52-41(58)34(24-30-16-11-8-12-17-30)50-42(59)36-18-13-20-53(36)44(61)35(25-37(46)55)47-28(5)54/h7-12,14-17,26-27,31-36,38H,13,18-25H2,1-6H3,(H2,46,55)(H,47,54)(H,48,56)(H,49,57)(H,50,59)(H,51,60)(H,52,58)(H,62,63)/t31-,32-,33-,34-,35-,36-,38-/m0/s1. The van der Waals surface area contributed by atoms with Crippen LogP contribution >= 0.6 is 11.8 Å². The highest BCUT2D eigenvalue weighted by molar-refractivity contribution is 7.98. The Bertz CT molecular complexity index is 1920. The zero-order valence-electron chi connectivity index (χ0n) is 37.4. The van der Waals surface area contributed by atoms with Crippen LogP contribution in [0.25, 0.3) is 0 Å². The van der Waals surface area contributed by atoms with Gasteiger partial charge in [-0.1, -0.05) is 88.4 Å². The summed E-state index contributed by atoms with van der Waals surface area (Å²) in [5.74, 6) is -6.90. The van der Waals surface area contributed by atoms with E-state index in [1.54, 1.807) is 74.5 Å². The van der Waals surface area contributed by atoms with Gasteiger partial charge in [0.15, 0.2) is 0 Å². The maximum Gasteiger partial charge on any atom is 0.326 e. The highest BCUT2D eigenvalue weighted by atomic mass is 32.2. The summed E-state index contributed by atoms with van der Waals surface area (Å²) in [7, 11) is 0. The van der Waals surface area contributed by atoms with Crippen LogP contribution in [0, 0.1) is 11.8 Å². The molecule has 0 radical (unpaired) electrons. The monoisotopic (exact) mass is 908 g/mol. The number of carbonyl (C=O) groups excluding carboxylic acids is 8. The summed E-state index contributed by atoms with van der Waals surface area (Å²) in [5, 5.41) is 25.8. The lowest BCUT2D eigenvalue weighted by Crippen LogP contribution is -2.61. The molecule has 0 unspecified atom stereocenters. The van der Waals surface area contributed by atoms with E-state index in [2.05, 4.69) is 31.9 Å². The topological polar surface area (TPSA) is 275 Å². The van der Waals surface area contributed by atoms with E-state index in [0.29, 0.717) is 23.3 Å². The van der Waals surface area contributed by atoms with Gasteiger partial charge in [-0.05, 0) is 60.7 Å². The number of rotatable bonds is 25. The quantitative estimate of drug-likeness (QED) is 0.0691. The number of amides is 8. The van der Waals surface area contributed by atoms with E-state index in [4.69, 9.17) is 5.73 Å². The van der Waals surface area contributed by atoms with Crippen molar-refractivity contribution < 1.29 is 48.3 Å². The van der Waals surface area contributed by atoms with E-state index in [1.807, 2.05) is 20.1 Å². The van der Waals surface area contributed by atoms with Crippen molar-refractivity contribution in [2.24, 2.45) is 17.6 Å². The molecule has 1 aliphatic heterocycles. The average Bonchev–Trinajstić information content (AvgIpc) is 3.73. The Morgan fingerprint density at radius 3 is 1.72 bits per heavy atom. The molecule has 0 spiro atoms. The van der Waals surface area contributed by atoms with Crippen LogP contribution < -0.4 is 37.6 Å². The smallest absolute Gasteiger partial charge is 0.326 e. The van der Waals surface area contributed by atoms with Crippen molar-refractivity contribution in [3.8, 4) is 0 Å². The number of nitrogens with two attached hydrogens (primary N) is 1. The Balaban J connectivity index is 1.89. The fourth-order valence-corrected chi connectivity index (χ4v) is 7.80. The number of carboxylic acid groups (broad SMARTS) is 1. The maximum atomic E-state index is 14.3. The molecule has 1 fully saturated rings. The first-order chi connectivity index (χ1) is 30.3. The second-order valence-electron chi connectivity index (χ2n) is 16.7. The third kappa shape index (κ3) is 17.0. The summed E-state index contributed by atoms with van der Waals surface area (Å²) in [5.41, 5.74) is 6.71. The predicted molar refractivity (Wildman–Crippen MR) is 241 cm³/mol. The maximum absolute atomic E-state index is 14.3. The van der Waals surface area contributed by atoms with Crippen molar-refractivity contribution in [3.05, 3.63) is 71.8 Å². The number of carboxylic acids is 1. The Morgan fingerprint density at radius 1 is 0.703 bits per heavy atom. The van der Waals surface area contributed by atoms with Crippen molar-refractivity contribution in [1.29, 1.82) is 0 Å². The molecule has 18 nitrogen and oxygen atoms in total. The van der Waals surface area contributed by atoms with Gasteiger partial charge in [0.2, 0.25) is 47.3 Å². The highest BCUT2D eigenvalue weighted by Gasteiger charge is 2.40. The molecular formula is C45H64N8O10S. The van der Waals surface area contributed by atoms with Crippen LogP contribution in [-0.4, -0.2) is 124 Å². The molecule has 0 saturated carbocycles. The van der Waals surface area contributed by atoms with Gasteiger partial charge in [0.05, 0.1) is 6.42 Å². The fraction of sp³-hybridized carbons (Fsp3) is 0.533. The van der Waals surface area contributed by atoms with Gasteiger partial charge in [-0.25, -0.2) is 4.79 Å². The van der Waals surface area contributed by atoms with Gasteiger partial charge in [-0.15, -0.1) is 0 Å². The molecule has 64 heavy (non-hydrogen) atoms. The van der Waals surface area contributed by atoms with Crippen molar-refractivity contribution in [1.82, 2.24) is 36.8 Å². The molecule has 3 rings (SSSR count). The number of likely N-dealkylation sites (tertiary alicyclic amines) is 1. The lowest BCUT2D eigenvalue weighted by Gasteiger charge is -2.30. The number of nitrogens with one attached hydrogen (secondary N) is 6. The van der Waals surface area contributed by atoms with Crippen molar-refractivity contribution >= 4 is 65.0 Å². The minimum Gasteiger partial charge on any atom is -0.480 e. The van der Waals surface area contributed by atoms with E-state index < -0.39 is 108 Å². The van der Waals surface area contributed by atoms with Gasteiger partial charge in [-0.3, -0.25) is 38.4 Å². The van der Waals surface area contributed by atoms with Crippen molar-refractivity contribution in [3.63, 3.8) is 0 Å². The van der Waals surface area contributed by atoms with Gasteiger partial charge in [0.1, 0.15) is 42.3 Å². The molecule has 0 bridgehead atoms. The molecule has 1 aliphatic rings. The third-order valence-electron chi connectivity index (χ3n) is 10.6. The zero-order chi connectivity index (χ0) is 47.5. The number of carbonyl (C=O) groups is 9. The number of primary amides is 1. The molecule has 9 N–H and O–H groups in total. The van der Waals surface area contributed by atoms with Crippen LogP contribution in [-0.2, 0) is 56.0 Å². The average molecular weight is 909 g/mol. The molecule has 7 atom stereocenters. The molecule has 0 aliphatic carbocycles. The Morgan fingerprint density at radius 2 is 1.22 bits per heavy atom. The summed E-state index contributed by atoms with van der Waals surface area (Å²) < 4.78 is 0. The molecule has 0 aromatic heterocycles. The fourth-order valence-electron chi connectivity index (χ4n) is 7.33. The van der Waals surface area contributed by atoms with Crippen LogP contribution in [0.1, 0.15) is 77.8 Å². The molecule has 1 saturated heterocycles. The zero-order valence-corrected chi connectivity index (χ0v) is 38.2. The minimum atomic E-state index is -1.29. The van der Waals surface area contributed by atoms with Gasteiger partial charge in [-0.2, -0.15) is 11.8 Å². The molecule has 1 heterocycles. The molecule has 19 heteroatoms. The summed E-state index contributed by atoms with van der Waals surface area (Å²) in [4.78, 5) is 121. The lowest BCUT2D eigenvalue weighted by atomic mass is 9.98. The third-order valence-corrected chi connectivity index (χ3v) is 11.2. The van der Waals surface area contributed by atoms with E-state index >= 15 is 0 Å². The van der Waals surface area contributed by atoms with Crippen LogP contribution in [0.2, 0.25) is 0 Å². The minimum absolute atomic E-state index is 0.0000651. The summed E-state index contributed by atoms with van der Waals surface area (Å²) in [6.45, 7) is 8.42. The first kappa shape index (κ1) is 52.4. The molecule has 2 aromatic rings. The second kappa shape index (κ2) is 26.0. The first-order valence-electron chi connectivity index (χ1n) is 21.5. The summed E-state index contributed by atoms with van der Waals surface area (Å²) in [6.07, 6.45) is 2.36. The van der Waals surface area contributed by atoms with Crippen LogP contribution in [0.5, 0.6) is 0 Å². The molecule has 2 aromatic carbocycles. The normalized spacial score (nSPS) is 16.3. The molecular weight excluding hydrogens is 845 g/mol. The van der Waals surface area contributed by atoms with E-state index in [0.717, 1.165) is 0 Å².